The number of nitrogens with one attached hydrogen (secondary N) is 1. The van der Waals surface area contributed by atoms with E-state index in [-0.39, 0.29) is 18.1 Å². The first-order valence-corrected chi connectivity index (χ1v) is 6.46. The third-order valence-electron chi connectivity index (χ3n) is 3.06. The first-order valence-electron chi connectivity index (χ1n) is 6.46. The normalized spacial score (nSPS) is 12.2. The van der Waals surface area contributed by atoms with Crippen LogP contribution in [0, 0.1) is 5.82 Å². The molecule has 0 saturated carbocycles. The average Bonchev–Trinajstić information content (AvgIpc) is 2.41. The number of amides is 1. The summed E-state index contributed by atoms with van der Waals surface area (Å²) in [6.07, 6.45) is -0.0119. The van der Waals surface area contributed by atoms with Gasteiger partial charge in [-0.1, -0.05) is 6.92 Å². The number of nitrogens with zero attached hydrogens (tertiary/aromatic N) is 1. The Bertz CT molecular complexity index is 462. The fourth-order valence-electron chi connectivity index (χ4n) is 1.81. The summed E-state index contributed by atoms with van der Waals surface area (Å²) in [5, 5.41) is 11.4. The molecule has 0 spiro atoms. The number of hydrogen-bond donors (Lipinski definition) is 2. The van der Waals surface area contributed by atoms with Crippen molar-refractivity contribution in [1.29, 1.82) is 0 Å². The molecule has 0 aliphatic heterocycles. The highest BCUT2D eigenvalue weighted by molar-refractivity contribution is 5.94. The highest BCUT2D eigenvalue weighted by Crippen LogP contribution is 2.10. The van der Waals surface area contributed by atoms with Gasteiger partial charge in [-0.2, -0.15) is 0 Å². The van der Waals surface area contributed by atoms with Gasteiger partial charge in [-0.05, 0) is 37.7 Å². The number of aliphatic carboxylic acids is 1. The highest BCUT2D eigenvalue weighted by atomic mass is 19.1. The van der Waals surface area contributed by atoms with E-state index in [1.165, 1.54) is 24.3 Å². The van der Waals surface area contributed by atoms with Gasteiger partial charge in [0, 0.05) is 12.2 Å². The molecule has 20 heavy (non-hydrogen) atoms. The van der Waals surface area contributed by atoms with E-state index >= 15 is 0 Å². The van der Waals surface area contributed by atoms with Gasteiger partial charge in [-0.15, -0.1) is 0 Å². The predicted octanol–water partition coefficient (Wildman–Crippen LogP) is 1.95. The highest BCUT2D eigenvalue weighted by Gasteiger charge is 2.20. The van der Waals surface area contributed by atoms with Crippen molar-refractivity contribution in [2.45, 2.75) is 26.3 Å². The van der Waals surface area contributed by atoms with Crippen LogP contribution in [0.25, 0.3) is 0 Å². The number of rotatable bonds is 7. The number of carboxylic acid groups (broad SMARTS) is 1. The lowest BCUT2D eigenvalue weighted by Gasteiger charge is -2.26. The molecule has 0 fully saturated rings. The predicted molar refractivity (Wildman–Crippen MR) is 74.0 cm³/mol. The van der Waals surface area contributed by atoms with Gasteiger partial charge in [-0.25, -0.2) is 4.39 Å². The van der Waals surface area contributed by atoms with E-state index in [1.807, 2.05) is 6.92 Å². The van der Waals surface area contributed by atoms with Crippen LogP contribution in [0.1, 0.15) is 20.3 Å². The Morgan fingerprint density at radius 2 is 1.95 bits per heavy atom. The number of carboxylic acids is 1. The minimum Gasteiger partial charge on any atom is -0.481 e. The average molecular weight is 282 g/mol. The van der Waals surface area contributed by atoms with Gasteiger partial charge in [0.05, 0.1) is 12.5 Å². The van der Waals surface area contributed by atoms with Crippen LogP contribution in [0.3, 0.4) is 0 Å². The van der Waals surface area contributed by atoms with Crippen LogP contribution in [-0.4, -0.2) is 41.0 Å². The van der Waals surface area contributed by atoms with Crippen molar-refractivity contribution >= 4 is 17.6 Å². The molecule has 6 heteroatoms. The summed E-state index contributed by atoms with van der Waals surface area (Å²) < 4.78 is 12.8. The van der Waals surface area contributed by atoms with Gasteiger partial charge in [0.1, 0.15) is 5.82 Å². The maximum absolute atomic E-state index is 12.8. The van der Waals surface area contributed by atoms with Gasteiger partial charge >= 0.3 is 5.97 Å². The summed E-state index contributed by atoms with van der Waals surface area (Å²) in [7, 11) is 0. The zero-order valence-corrected chi connectivity index (χ0v) is 11.6. The molecule has 1 rings (SSSR count). The topological polar surface area (TPSA) is 69.6 Å². The van der Waals surface area contributed by atoms with E-state index in [0.29, 0.717) is 18.8 Å². The van der Waals surface area contributed by atoms with Crippen LogP contribution in [0.15, 0.2) is 24.3 Å². The van der Waals surface area contributed by atoms with Crippen LogP contribution < -0.4 is 5.32 Å². The number of likely N-dealkylation sites (N-methyl/N-ethyl adjacent to an activating group) is 1. The van der Waals surface area contributed by atoms with Crippen molar-refractivity contribution in [2.75, 3.05) is 18.4 Å². The Balaban J connectivity index is 2.59. The fourth-order valence-corrected chi connectivity index (χ4v) is 1.81. The zero-order valence-electron chi connectivity index (χ0n) is 11.6. The Morgan fingerprint density at radius 3 is 2.45 bits per heavy atom. The largest absolute Gasteiger partial charge is 0.481 e. The number of carbonyl (C=O) groups is 2. The molecular weight excluding hydrogens is 263 g/mol. The summed E-state index contributed by atoms with van der Waals surface area (Å²) in [5.74, 6) is -1.51. The van der Waals surface area contributed by atoms with Crippen LogP contribution in [0.5, 0.6) is 0 Å². The molecule has 0 aromatic heterocycles. The maximum Gasteiger partial charge on any atom is 0.304 e. The van der Waals surface area contributed by atoms with Gasteiger partial charge in [0.25, 0.3) is 0 Å². The molecule has 0 radical (unpaired) electrons. The van der Waals surface area contributed by atoms with Crippen molar-refractivity contribution in [3.8, 4) is 0 Å². The number of carbonyl (C=O) groups excluding carboxylic acids is 1. The van der Waals surface area contributed by atoms with E-state index < -0.39 is 12.0 Å². The molecule has 1 unspecified atom stereocenters. The second-order valence-corrected chi connectivity index (χ2v) is 4.44. The summed E-state index contributed by atoms with van der Waals surface area (Å²) in [6, 6.07) is 5.04. The molecule has 0 aliphatic rings. The van der Waals surface area contributed by atoms with E-state index in [4.69, 9.17) is 5.11 Å². The van der Waals surface area contributed by atoms with E-state index in [2.05, 4.69) is 5.32 Å². The van der Waals surface area contributed by atoms with Crippen molar-refractivity contribution in [2.24, 2.45) is 0 Å². The second kappa shape index (κ2) is 7.59. The van der Waals surface area contributed by atoms with Gasteiger partial charge in [0.2, 0.25) is 5.91 Å². The van der Waals surface area contributed by atoms with Crippen LogP contribution in [0.4, 0.5) is 10.1 Å². The van der Waals surface area contributed by atoms with Crippen molar-refractivity contribution in [3.63, 3.8) is 0 Å². The molecular formula is C14H19FN2O3. The van der Waals surface area contributed by atoms with E-state index in [0.717, 1.165) is 0 Å². The molecule has 0 aliphatic carbocycles. The Morgan fingerprint density at radius 1 is 1.35 bits per heavy atom. The first kappa shape index (κ1) is 16.1. The fraction of sp³-hybridized carbons (Fsp3) is 0.429. The molecule has 1 amide bonds. The molecule has 1 atom stereocenters. The monoisotopic (exact) mass is 282 g/mol. The van der Waals surface area contributed by atoms with Crippen LogP contribution in [0.2, 0.25) is 0 Å². The lowest BCUT2D eigenvalue weighted by molar-refractivity contribution is -0.138. The van der Waals surface area contributed by atoms with Gasteiger partial charge in [-0.3, -0.25) is 14.5 Å². The van der Waals surface area contributed by atoms with E-state index in [1.54, 1.807) is 11.8 Å². The number of anilines is 1. The van der Waals surface area contributed by atoms with Crippen molar-refractivity contribution in [1.82, 2.24) is 4.90 Å². The minimum absolute atomic E-state index is 0.0119. The number of halogens is 1. The van der Waals surface area contributed by atoms with Crippen LogP contribution >= 0.6 is 0 Å². The van der Waals surface area contributed by atoms with Crippen LogP contribution in [-0.2, 0) is 9.59 Å². The van der Waals surface area contributed by atoms with Gasteiger partial charge < -0.3 is 10.4 Å². The number of hydrogen-bond acceptors (Lipinski definition) is 3. The lowest BCUT2D eigenvalue weighted by Crippen LogP contribution is -2.42. The Kier molecular flexibility index (Phi) is 6.11. The Labute approximate surface area is 117 Å². The smallest absolute Gasteiger partial charge is 0.304 e. The summed E-state index contributed by atoms with van der Waals surface area (Å²) in [6.45, 7) is 4.46. The molecule has 0 bridgehead atoms. The third-order valence-corrected chi connectivity index (χ3v) is 3.06. The lowest BCUT2D eigenvalue weighted by atomic mass is 10.2. The molecule has 110 valence electrons. The second-order valence-electron chi connectivity index (χ2n) is 4.44. The van der Waals surface area contributed by atoms with E-state index in [9.17, 15) is 14.0 Å². The van der Waals surface area contributed by atoms with Gasteiger partial charge in [0.15, 0.2) is 0 Å². The van der Waals surface area contributed by atoms with Crippen molar-refractivity contribution < 1.29 is 19.1 Å². The summed E-state index contributed by atoms with van der Waals surface area (Å²) >= 11 is 0. The molecule has 0 saturated heterocycles. The SMILES string of the molecule is CCN(CCC(=O)O)C(C)C(=O)Nc1ccc(F)cc1. The standard InChI is InChI=1S/C14H19FN2O3/c1-3-17(9-8-13(18)19)10(2)14(20)16-12-6-4-11(15)5-7-12/h4-7,10H,3,8-9H2,1-2H3,(H,16,20)(H,18,19). The first-order chi connectivity index (χ1) is 9.43. The zero-order chi connectivity index (χ0) is 15.1. The summed E-state index contributed by atoms with van der Waals surface area (Å²) in [4.78, 5) is 24.4. The molecule has 5 nitrogen and oxygen atoms in total. The summed E-state index contributed by atoms with van der Waals surface area (Å²) in [5.41, 5.74) is 0.512. The molecule has 2 N–H and O–H groups in total. The number of benzene rings is 1. The quantitative estimate of drug-likeness (QED) is 0.802. The third kappa shape index (κ3) is 4.97. The molecule has 0 heterocycles. The Hall–Kier alpha value is -1.95. The van der Waals surface area contributed by atoms with Crippen molar-refractivity contribution in [3.05, 3.63) is 30.1 Å². The minimum atomic E-state index is -0.894. The molecule has 1 aromatic carbocycles. The molecule has 1 aromatic rings. The maximum atomic E-state index is 12.8.